The van der Waals surface area contributed by atoms with Crippen molar-refractivity contribution in [1.29, 1.82) is 0 Å². The first-order valence-corrected chi connectivity index (χ1v) is 7.26. The number of carbonyl (C=O) groups is 1. The van der Waals surface area contributed by atoms with Gasteiger partial charge in [0.2, 0.25) is 0 Å². The van der Waals surface area contributed by atoms with E-state index in [4.69, 9.17) is 11.5 Å². The number of terminal acetylenes is 1. The van der Waals surface area contributed by atoms with E-state index in [1.54, 1.807) is 0 Å². The van der Waals surface area contributed by atoms with Gasteiger partial charge >= 0.3 is 12.1 Å². The molecule has 3 aromatic rings. The molecule has 0 aliphatic rings. The van der Waals surface area contributed by atoms with Gasteiger partial charge in [-0.25, -0.2) is 9.18 Å². The maximum atomic E-state index is 14.3. The van der Waals surface area contributed by atoms with Gasteiger partial charge in [0.25, 0.3) is 0 Å². The van der Waals surface area contributed by atoms with Gasteiger partial charge in [-0.15, -0.1) is 6.42 Å². The predicted molar refractivity (Wildman–Crippen MR) is 85.1 cm³/mol. The first kappa shape index (κ1) is 17.5. The van der Waals surface area contributed by atoms with E-state index in [1.807, 2.05) is 0 Å². The Morgan fingerprint density at radius 2 is 2.04 bits per heavy atom. The van der Waals surface area contributed by atoms with Crippen LogP contribution in [0.15, 0.2) is 36.5 Å². The molecule has 0 bridgehead atoms. The molecule has 8 heteroatoms. The van der Waals surface area contributed by atoms with Crippen molar-refractivity contribution in [2.24, 2.45) is 0 Å². The highest BCUT2D eigenvalue weighted by Gasteiger charge is 2.31. The molecule has 0 saturated carbocycles. The molecule has 3 rings (SSSR count). The van der Waals surface area contributed by atoms with Gasteiger partial charge < -0.3 is 5.11 Å². The fourth-order valence-corrected chi connectivity index (χ4v) is 2.66. The Labute approximate surface area is 144 Å². The molecule has 1 N–H and O–H groups in total. The molecule has 0 saturated heterocycles. The third-order valence-corrected chi connectivity index (χ3v) is 3.85. The van der Waals surface area contributed by atoms with Crippen LogP contribution in [-0.2, 0) is 12.7 Å². The SMILES string of the molecule is C#Cc1cc(C(F)(F)F)cc2cnn(Cc3cccc(C(=O)O)c3F)c12. The average molecular weight is 362 g/mol. The Morgan fingerprint density at radius 1 is 1.31 bits per heavy atom. The minimum Gasteiger partial charge on any atom is -0.478 e. The lowest BCUT2D eigenvalue weighted by atomic mass is 10.1. The molecule has 1 aromatic heterocycles. The summed E-state index contributed by atoms with van der Waals surface area (Å²) in [6.07, 6.45) is 1.97. The molecule has 0 unspecified atom stereocenters. The van der Waals surface area contributed by atoms with Crippen LogP contribution in [0, 0.1) is 18.2 Å². The third kappa shape index (κ3) is 2.99. The van der Waals surface area contributed by atoms with Gasteiger partial charge in [-0.05, 0) is 18.2 Å². The van der Waals surface area contributed by atoms with Crippen LogP contribution in [0.4, 0.5) is 17.6 Å². The number of alkyl halides is 3. The van der Waals surface area contributed by atoms with E-state index in [0.717, 1.165) is 18.2 Å². The zero-order valence-corrected chi connectivity index (χ0v) is 13.0. The zero-order chi connectivity index (χ0) is 19.1. The quantitative estimate of drug-likeness (QED) is 0.568. The molecule has 0 amide bonds. The Hall–Kier alpha value is -3.34. The van der Waals surface area contributed by atoms with Crippen LogP contribution in [0.25, 0.3) is 10.9 Å². The summed E-state index contributed by atoms with van der Waals surface area (Å²) in [7, 11) is 0. The number of benzene rings is 2. The summed E-state index contributed by atoms with van der Waals surface area (Å²) < 4.78 is 54.4. The Bertz CT molecular complexity index is 1060. The summed E-state index contributed by atoms with van der Waals surface area (Å²) >= 11 is 0. The molecule has 4 nitrogen and oxygen atoms in total. The van der Waals surface area contributed by atoms with Crippen molar-refractivity contribution in [2.75, 3.05) is 0 Å². The van der Waals surface area contributed by atoms with Crippen LogP contribution < -0.4 is 0 Å². The standard InChI is InChI=1S/C18H10F4N2O2/c1-2-10-6-13(18(20,21)22)7-12-8-23-24(16(10)12)9-11-4-3-5-14(15(11)19)17(25)26/h1,3-8H,9H2,(H,25,26). The van der Waals surface area contributed by atoms with Crippen LogP contribution >= 0.6 is 0 Å². The molecule has 1 heterocycles. The summed E-state index contributed by atoms with van der Waals surface area (Å²) in [6.45, 7) is -0.184. The van der Waals surface area contributed by atoms with E-state index in [2.05, 4.69) is 11.0 Å². The van der Waals surface area contributed by atoms with Crippen LogP contribution in [0.3, 0.4) is 0 Å². The van der Waals surface area contributed by atoms with Gasteiger partial charge in [-0.3, -0.25) is 4.68 Å². The molecule has 0 radical (unpaired) electrons. The highest BCUT2D eigenvalue weighted by molar-refractivity contribution is 5.88. The fourth-order valence-electron chi connectivity index (χ4n) is 2.66. The number of rotatable bonds is 3. The monoisotopic (exact) mass is 362 g/mol. The summed E-state index contributed by atoms with van der Waals surface area (Å²) in [5.41, 5.74) is -1.19. The van der Waals surface area contributed by atoms with E-state index in [0.29, 0.717) is 0 Å². The normalized spacial score (nSPS) is 11.5. The minimum absolute atomic E-state index is 0.0257. The number of aromatic carboxylic acids is 1. The van der Waals surface area contributed by atoms with Crippen molar-refractivity contribution in [1.82, 2.24) is 9.78 Å². The molecule has 0 aliphatic heterocycles. The summed E-state index contributed by atoms with van der Waals surface area (Å²) in [5, 5.41) is 13.1. The van der Waals surface area contributed by atoms with E-state index >= 15 is 0 Å². The van der Waals surface area contributed by atoms with Gasteiger partial charge in [-0.2, -0.15) is 18.3 Å². The van der Waals surface area contributed by atoms with Gasteiger partial charge in [-0.1, -0.05) is 18.1 Å². The highest BCUT2D eigenvalue weighted by atomic mass is 19.4. The largest absolute Gasteiger partial charge is 0.478 e. The van der Waals surface area contributed by atoms with Gasteiger partial charge in [0.1, 0.15) is 5.82 Å². The number of hydrogen-bond acceptors (Lipinski definition) is 2. The topological polar surface area (TPSA) is 55.1 Å². The van der Waals surface area contributed by atoms with Crippen LogP contribution in [-0.4, -0.2) is 20.9 Å². The molecular weight excluding hydrogens is 352 g/mol. The highest BCUT2D eigenvalue weighted by Crippen LogP contribution is 2.33. The second-order valence-electron chi connectivity index (χ2n) is 5.49. The maximum absolute atomic E-state index is 14.3. The maximum Gasteiger partial charge on any atom is 0.416 e. The average Bonchev–Trinajstić information content (AvgIpc) is 2.98. The van der Waals surface area contributed by atoms with Crippen molar-refractivity contribution in [3.05, 3.63) is 64.6 Å². The molecule has 26 heavy (non-hydrogen) atoms. The van der Waals surface area contributed by atoms with Crippen molar-refractivity contribution in [3.8, 4) is 12.3 Å². The Morgan fingerprint density at radius 3 is 2.65 bits per heavy atom. The van der Waals surface area contributed by atoms with Crippen LogP contribution in [0.1, 0.15) is 27.0 Å². The number of fused-ring (bicyclic) bond motifs is 1. The lowest BCUT2D eigenvalue weighted by Gasteiger charge is -2.11. The Kier molecular flexibility index (Phi) is 4.16. The minimum atomic E-state index is -4.57. The van der Waals surface area contributed by atoms with Gasteiger partial charge in [0, 0.05) is 10.9 Å². The molecule has 132 valence electrons. The second-order valence-corrected chi connectivity index (χ2v) is 5.49. The first-order chi connectivity index (χ1) is 12.2. The van der Waals surface area contributed by atoms with Crippen LogP contribution in [0.5, 0.6) is 0 Å². The summed E-state index contributed by atoms with van der Waals surface area (Å²) in [5.74, 6) is -0.165. The molecular formula is C18H10F4N2O2. The van der Waals surface area contributed by atoms with Crippen molar-refractivity contribution in [2.45, 2.75) is 12.7 Å². The molecule has 2 aromatic carbocycles. The smallest absolute Gasteiger partial charge is 0.416 e. The van der Waals surface area contributed by atoms with Crippen molar-refractivity contribution < 1.29 is 27.5 Å². The van der Waals surface area contributed by atoms with Gasteiger partial charge in [0.15, 0.2) is 0 Å². The first-order valence-electron chi connectivity index (χ1n) is 7.26. The number of carboxylic acid groups (broad SMARTS) is 1. The Balaban J connectivity index is 2.12. The fraction of sp³-hybridized carbons (Fsp3) is 0.111. The lowest BCUT2D eigenvalue weighted by molar-refractivity contribution is -0.137. The number of hydrogen-bond donors (Lipinski definition) is 1. The van der Waals surface area contributed by atoms with Crippen molar-refractivity contribution in [3.63, 3.8) is 0 Å². The molecule has 0 aliphatic carbocycles. The third-order valence-electron chi connectivity index (χ3n) is 3.85. The van der Waals surface area contributed by atoms with Gasteiger partial charge in [0.05, 0.1) is 34.9 Å². The second kappa shape index (κ2) is 6.19. The number of carboxylic acids is 1. The molecule has 0 atom stereocenters. The number of aromatic nitrogens is 2. The molecule has 0 fully saturated rings. The molecule has 0 spiro atoms. The van der Waals surface area contributed by atoms with E-state index in [9.17, 15) is 22.4 Å². The summed E-state index contributed by atoms with van der Waals surface area (Å²) in [6, 6.07) is 5.59. The van der Waals surface area contributed by atoms with Crippen LogP contribution in [0.2, 0.25) is 0 Å². The number of nitrogens with zero attached hydrogens (tertiary/aromatic N) is 2. The lowest BCUT2D eigenvalue weighted by Crippen LogP contribution is -2.09. The van der Waals surface area contributed by atoms with E-state index < -0.39 is 29.1 Å². The van der Waals surface area contributed by atoms with E-state index in [-0.39, 0.29) is 28.6 Å². The predicted octanol–water partition coefficient (Wildman–Crippen LogP) is 3.92. The van der Waals surface area contributed by atoms with Crippen molar-refractivity contribution >= 4 is 16.9 Å². The summed E-state index contributed by atoms with van der Waals surface area (Å²) in [4.78, 5) is 11.0. The zero-order valence-electron chi connectivity index (χ0n) is 13.0. The van der Waals surface area contributed by atoms with E-state index in [1.165, 1.54) is 23.0 Å². The number of halogens is 4.